The van der Waals surface area contributed by atoms with E-state index >= 15 is 0 Å². The molecular formula is C19H26N2O3. The van der Waals surface area contributed by atoms with Gasteiger partial charge in [-0.2, -0.15) is 0 Å². The van der Waals surface area contributed by atoms with E-state index in [0.717, 1.165) is 30.6 Å². The summed E-state index contributed by atoms with van der Waals surface area (Å²) in [7, 11) is 0. The molecule has 2 rings (SSSR count). The Hall–Kier alpha value is -2.14. The molecule has 1 unspecified atom stereocenters. The largest absolute Gasteiger partial charge is 0.475 e. The first-order chi connectivity index (χ1) is 11.3. The Morgan fingerprint density at radius 1 is 1.42 bits per heavy atom. The Bertz CT molecular complexity index is 614. The van der Waals surface area contributed by atoms with Gasteiger partial charge in [0.15, 0.2) is 0 Å². The highest BCUT2D eigenvalue weighted by Gasteiger charge is 2.35. The topological polar surface area (TPSA) is 60.5 Å². The second-order valence-corrected chi connectivity index (χ2v) is 6.83. The minimum atomic E-state index is -0.708. The second kappa shape index (κ2) is 7.62. The highest BCUT2D eigenvalue weighted by atomic mass is 16.6. The number of ether oxygens (including phenoxy) is 2. The van der Waals surface area contributed by atoms with Crippen molar-refractivity contribution in [1.82, 2.24) is 10.3 Å². The van der Waals surface area contributed by atoms with Gasteiger partial charge in [0.1, 0.15) is 11.4 Å². The average molecular weight is 330 g/mol. The SMILES string of the molecule is C=Cc1cc(OC(C(=O)OC(C)(C)C)[C@@H]2CCCN2)cnc1C=C. The molecule has 0 aromatic carbocycles. The van der Waals surface area contributed by atoms with Gasteiger partial charge in [0, 0.05) is 5.56 Å². The van der Waals surface area contributed by atoms with E-state index < -0.39 is 11.7 Å². The number of carbonyl (C=O) groups is 1. The number of pyridine rings is 1. The van der Waals surface area contributed by atoms with Crippen LogP contribution in [0.2, 0.25) is 0 Å². The van der Waals surface area contributed by atoms with Gasteiger partial charge in [-0.15, -0.1) is 0 Å². The molecule has 1 aromatic heterocycles. The smallest absolute Gasteiger partial charge is 0.349 e. The number of nitrogens with zero attached hydrogens (tertiary/aromatic N) is 1. The summed E-state index contributed by atoms with van der Waals surface area (Å²) in [5.41, 5.74) is 0.976. The van der Waals surface area contributed by atoms with E-state index in [-0.39, 0.29) is 12.0 Å². The summed E-state index contributed by atoms with van der Waals surface area (Å²) in [6.07, 6.45) is 6.12. The monoisotopic (exact) mass is 330 g/mol. The van der Waals surface area contributed by atoms with Crippen molar-refractivity contribution in [3.05, 3.63) is 36.7 Å². The van der Waals surface area contributed by atoms with Gasteiger partial charge in [0.2, 0.25) is 6.10 Å². The van der Waals surface area contributed by atoms with Gasteiger partial charge < -0.3 is 14.8 Å². The molecule has 1 aliphatic heterocycles. The minimum absolute atomic E-state index is 0.0638. The molecule has 2 atom stereocenters. The van der Waals surface area contributed by atoms with Crippen LogP contribution in [0.3, 0.4) is 0 Å². The standard InChI is InChI=1S/C19H26N2O3/c1-6-13-11-14(12-21-15(13)7-2)23-17(16-9-8-10-20-16)18(22)24-19(3,4)5/h6-7,11-12,16-17,20H,1-2,8-10H2,3-5H3/t16-,17?/m0/s1. The van der Waals surface area contributed by atoms with Crippen molar-refractivity contribution >= 4 is 18.1 Å². The first kappa shape index (κ1) is 18.2. The fourth-order valence-electron chi connectivity index (χ4n) is 2.64. The molecule has 130 valence electrons. The number of esters is 1. The third-order valence-corrected chi connectivity index (χ3v) is 3.70. The Balaban J connectivity index is 2.23. The van der Waals surface area contributed by atoms with Crippen LogP contribution in [-0.2, 0) is 9.53 Å². The zero-order valence-electron chi connectivity index (χ0n) is 14.7. The van der Waals surface area contributed by atoms with Crippen LogP contribution in [0.15, 0.2) is 25.4 Å². The maximum atomic E-state index is 12.6. The molecule has 1 fully saturated rings. The van der Waals surface area contributed by atoms with Gasteiger partial charge in [-0.05, 0) is 52.3 Å². The zero-order valence-corrected chi connectivity index (χ0v) is 14.7. The van der Waals surface area contributed by atoms with Gasteiger partial charge in [-0.3, -0.25) is 4.98 Å². The van der Waals surface area contributed by atoms with E-state index in [2.05, 4.69) is 23.5 Å². The Morgan fingerprint density at radius 2 is 2.17 bits per heavy atom. The summed E-state index contributed by atoms with van der Waals surface area (Å²) in [6.45, 7) is 13.9. The molecule has 0 amide bonds. The summed E-state index contributed by atoms with van der Waals surface area (Å²) in [4.78, 5) is 16.9. The number of hydrogen-bond donors (Lipinski definition) is 1. The van der Waals surface area contributed by atoms with Gasteiger partial charge in [0.05, 0.1) is 17.9 Å². The molecule has 1 N–H and O–H groups in total. The van der Waals surface area contributed by atoms with Crippen LogP contribution in [0.25, 0.3) is 12.2 Å². The molecule has 0 bridgehead atoms. The summed E-state index contributed by atoms with van der Waals surface area (Å²) < 4.78 is 11.5. The van der Waals surface area contributed by atoms with Crippen molar-refractivity contribution in [2.45, 2.75) is 51.4 Å². The third-order valence-electron chi connectivity index (χ3n) is 3.70. The first-order valence-corrected chi connectivity index (χ1v) is 8.22. The molecular weight excluding hydrogens is 304 g/mol. The molecule has 0 spiro atoms. The fourth-order valence-corrected chi connectivity index (χ4v) is 2.64. The quantitative estimate of drug-likeness (QED) is 0.812. The maximum absolute atomic E-state index is 12.6. The van der Waals surface area contributed by atoms with Gasteiger partial charge in [-0.1, -0.05) is 19.2 Å². The van der Waals surface area contributed by atoms with Crippen molar-refractivity contribution in [2.24, 2.45) is 0 Å². The van der Waals surface area contributed by atoms with Crippen molar-refractivity contribution < 1.29 is 14.3 Å². The second-order valence-electron chi connectivity index (χ2n) is 6.83. The van der Waals surface area contributed by atoms with E-state index in [9.17, 15) is 4.79 Å². The van der Waals surface area contributed by atoms with E-state index in [4.69, 9.17) is 9.47 Å². The van der Waals surface area contributed by atoms with Crippen LogP contribution >= 0.6 is 0 Å². The number of carbonyl (C=O) groups excluding carboxylic acids is 1. The summed E-state index contributed by atoms with van der Waals surface area (Å²) in [5, 5.41) is 3.31. The number of aromatic nitrogens is 1. The molecule has 1 aromatic rings. The molecule has 2 heterocycles. The highest BCUT2D eigenvalue weighted by Crippen LogP contribution is 2.23. The summed E-state index contributed by atoms with van der Waals surface area (Å²) in [6, 6.07) is 1.75. The van der Waals surface area contributed by atoms with Gasteiger partial charge >= 0.3 is 5.97 Å². The van der Waals surface area contributed by atoms with Crippen LogP contribution in [0.1, 0.15) is 44.9 Å². The van der Waals surface area contributed by atoms with E-state index in [1.807, 2.05) is 26.8 Å². The Morgan fingerprint density at radius 3 is 2.71 bits per heavy atom. The third kappa shape index (κ3) is 4.68. The van der Waals surface area contributed by atoms with Gasteiger partial charge in [0.25, 0.3) is 0 Å². The molecule has 1 aliphatic rings. The van der Waals surface area contributed by atoms with Crippen LogP contribution in [0, 0.1) is 0 Å². The van der Waals surface area contributed by atoms with Crippen LogP contribution in [0.4, 0.5) is 0 Å². The predicted molar refractivity (Wildman–Crippen MR) is 95.7 cm³/mol. The van der Waals surface area contributed by atoms with Crippen LogP contribution in [0.5, 0.6) is 5.75 Å². The number of hydrogen-bond acceptors (Lipinski definition) is 5. The van der Waals surface area contributed by atoms with Crippen molar-refractivity contribution in [2.75, 3.05) is 6.54 Å². The lowest BCUT2D eigenvalue weighted by atomic mass is 10.1. The van der Waals surface area contributed by atoms with Crippen molar-refractivity contribution in [1.29, 1.82) is 0 Å². The lowest BCUT2D eigenvalue weighted by Gasteiger charge is -2.27. The normalized spacial score (nSPS) is 18.7. The molecule has 5 nitrogen and oxygen atoms in total. The summed E-state index contributed by atoms with van der Waals surface area (Å²) in [5.74, 6) is 0.148. The van der Waals surface area contributed by atoms with E-state index in [0.29, 0.717) is 5.75 Å². The van der Waals surface area contributed by atoms with Crippen molar-refractivity contribution in [3.8, 4) is 5.75 Å². The molecule has 0 saturated carbocycles. The lowest BCUT2D eigenvalue weighted by Crippen LogP contribution is -2.47. The maximum Gasteiger partial charge on any atom is 0.349 e. The molecule has 0 radical (unpaired) electrons. The minimum Gasteiger partial charge on any atom is -0.475 e. The predicted octanol–water partition coefficient (Wildman–Crippen LogP) is 3.21. The molecule has 24 heavy (non-hydrogen) atoms. The van der Waals surface area contributed by atoms with Crippen molar-refractivity contribution in [3.63, 3.8) is 0 Å². The highest BCUT2D eigenvalue weighted by molar-refractivity contribution is 5.76. The zero-order chi connectivity index (χ0) is 17.7. The Labute approximate surface area is 143 Å². The summed E-state index contributed by atoms with van der Waals surface area (Å²) >= 11 is 0. The molecule has 0 aliphatic carbocycles. The fraction of sp³-hybridized carbons (Fsp3) is 0.474. The van der Waals surface area contributed by atoms with E-state index in [1.54, 1.807) is 18.3 Å². The molecule has 1 saturated heterocycles. The first-order valence-electron chi connectivity index (χ1n) is 8.22. The van der Waals surface area contributed by atoms with E-state index in [1.165, 1.54) is 0 Å². The Kier molecular flexibility index (Phi) is 5.78. The lowest BCUT2D eigenvalue weighted by molar-refractivity contribution is -0.164. The van der Waals surface area contributed by atoms with Crippen LogP contribution in [-0.4, -0.2) is 35.2 Å². The molecule has 5 heteroatoms. The average Bonchev–Trinajstić information content (AvgIpc) is 3.04. The van der Waals surface area contributed by atoms with Crippen LogP contribution < -0.4 is 10.1 Å². The number of rotatable bonds is 6. The van der Waals surface area contributed by atoms with Gasteiger partial charge in [-0.25, -0.2) is 4.79 Å². The number of nitrogens with one attached hydrogen (secondary N) is 1.